The van der Waals surface area contributed by atoms with Crippen LogP contribution in [0.15, 0.2) is 6.20 Å². The molecule has 3 N–H and O–H groups in total. The van der Waals surface area contributed by atoms with Gasteiger partial charge in [-0.2, -0.15) is 5.10 Å². The molecule has 80 valence electrons. The van der Waals surface area contributed by atoms with Crippen LogP contribution < -0.4 is 11.1 Å². The molecule has 1 rings (SSSR count). The van der Waals surface area contributed by atoms with Crippen LogP contribution in [0.1, 0.15) is 24.1 Å². The quantitative estimate of drug-likeness (QED) is 0.654. The molecule has 0 atom stereocenters. The van der Waals surface area contributed by atoms with E-state index in [0.717, 1.165) is 38.2 Å². The molecule has 0 spiro atoms. The highest BCUT2D eigenvalue weighted by atomic mass is 15.2. The summed E-state index contributed by atoms with van der Waals surface area (Å²) in [4.78, 5) is 0. The number of hydrogen-bond acceptors (Lipinski definition) is 3. The van der Waals surface area contributed by atoms with Crippen LogP contribution in [0.5, 0.6) is 0 Å². The molecule has 0 aliphatic rings. The van der Waals surface area contributed by atoms with Crippen LogP contribution in [0.2, 0.25) is 0 Å². The molecule has 4 heteroatoms. The third-order valence-electron chi connectivity index (χ3n) is 2.24. The number of nitrogens with one attached hydrogen (secondary N) is 1. The maximum Gasteiger partial charge on any atom is 0.0638 e. The van der Waals surface area contributed by atoms with E-state index in [0.29, 0.717) is 0 Å². The molecule has 0 aromatic carbocycles. The molecule has 1 aromatic rings. The van der Waals surface area contributed by atoms with E-state index in [1.807, 2.05) is 18.7 Å². The van der Waals surface area contributed by atoms with Gasteiger partial charge in [0.25, 0.3) is 0 Å². The molecule has 1 heterocycles. The monoisotopic (exact) mass is 196 g/mol. The van der Waals surface area contributed by atoms with Gasteiger partial charge in [-0.3, -0.25) is 4.68 Å². The van der Waals surface area contributed by atoms with E-state index < -0.39 is 0 Å². The molecule has 4 nitrogen and oxygen atoms in total. The van der Waals surface area contributed by atoms with E-state index in [9.17, 15) is 0 Å². The van der Waals surface area contributed by atoms with Crippen molar-refractivity contribution in [3.8, 4) is 0 Å². The summed E-state index contributed by atoms with van der Waals surface area (Å²) >= 11 is 0. The van der Waals surface area contributed by atoms with Crippen LogP contribution in [0, 0.1) is 6.92 Å². The van der Waals surface area contributed by atoms with Crippen LogP contribution in [0.25, 0.3) is 0 Å². The van der Waals surface area contributed by atoms with Crippen molar-refractivity contribution in [1.82, 2.24) is 15.1 Å². The molecule has 14 heavy (non-hydrogen) atoms. The molecule has 0 unspecified atom stereocenters. The van der Waals surface area contributed by atoms with Crippen molar-refractivity contribution in [1.29, 1.82) is 0 Å². The minimum Gasteiger partial charge on any atom is -0.330 e. The molecule has 0 amide bonds. The first-order valence-corrected chi connectivity index (χ1v) is 5.14. The fourth-order valence-corrected chi connectivity index (χ4v) is 1.44. The first kappa shape index (κ1) is 11.2. The molecule has 1 aromatic heterocycles. The van der Waals surface area contributed by atoms with Gasteiger partial charge in [-0.1, -0.05) is 0 Å². The third-order valence-corrected chi connectivity index (χ3v) is 2.24. The number of aryl methyl sites for hydroxylation is 2. The first-order chi connectivity index (χ1) is 6.74. The largest absolute Gasteiger partial charge is 0.330 e. The highest BCUT2D eigenvalue weighted by molar-refractivity contribution is 5.14. The second-order valence-electron chi connectivity index (χ2n) is 3.59. The molecule has 0 bridgehead atoms. The zero-order valence-electron chi connectivity index (χ0n) is 9.08. The standard InChI is InChI=1S/C10H20N4/c1-9-10(8-14(2)13-9)7-12-6-4-3-5-11/h8,12H,3-7,11H2,1-2H3. The van der Waals surface area contributed by atoms with E-state index in [2.05, 4.69) is 16.6 Å². The predicted octanol–water partition coefficient (Wildman–Crippen LogP) is 0.557. The van der Waals surface area contributed by atoms with Crippen molar-refractivity contribution < 1.29 is 0 Å². The van der Waals surface area contributed by atoms with Gasteiger partial charge in [0.1, 0.15) is 0 Å². The smallest absolute Gasteiger partial charge is 0.0638 e. The summed E-state index contributed by atoms with van der Waals surface area (Å²) in [6, 6.07) is 0. The molecule has 0 saturated heterocycles. The van der Waals surface area contributed by atoms with Gasteiger partial charge in [0, 0.05) is 25.4 Å². The van der Waals surface area contributed by atoms with Crippen LogP contribution in [-0.2, 0) is 13.6 Å². The molecule has 0 saturated carbocycles. The lowest BCUT2D eigenvalue weighted by molar-refractivity contribution is 0.626. The van der Waals surface area contributed by atoms with Crippen molar-refractivity contribution in [2.24, 2.45) is 12.8 Å². The summed E-state index contributed by atoms with van der Waals surface area (Å²) in [6.07, 6.45) is 4.31. The highest BCUT2D eigenvalue weighted by Gasteiger charge is 2.01. The van der Waals surface area contributed by atoms with Gasteiger partial charge in [0.05, 0.1) is 5.69 Å². The van der Waals surface area contributed by atoms with Gasteiger partial charge in [-0.25, -0.2) is 0 Å². The Hall–Kier alpha value is -0.870. The second kappa shape index (κ2) is 5.78. The lowest BCUT2D eigenvalue weighted by atomic mass is 10.2. The minimum absolute atomic E-state index is 0.785. The summed E-state index contributed by atoms with van der Waals surface area (Å²) < 4.78 is 1.85. The highest BCUT2D eigenvalue weighted by Crippen LogP contribution is 2.03. The Morgan fingerprint density at radius 1 is 1.50 bits per heavy atom. The molecule has 0 radical (unpaired) electrons. The Balaban J connectivity index is 2.21. The van der Waals surface area contributed by atoms with Gasteiger partial charge in [-0.05, 0) is 32.9 Å². The van der Waals surface area contributed by atoms with E-state index in [1.165, 1.54) is 5.56 Å². The van der Waals surface area contributed by atoms with Gasteiger partial charge in [-0.15, -0.1) is 0 Å². The van der Waals surface area contributed by atoms with Crippen molar-refractivity contribution in [2.45, 2.75) is 26.3 Å². The van der Waals surface area contributed by atoms with E-state index in [4.69, 9.17) is 5.73 Å². The molecular weight excluding hydrogens is 176 g/mol. The molecule has 0 aliphatic carbocycles. The van der Waals surface area contributed by atoms with Crippen LogP contribution in [0.4, 0.5) is 0 Å². The number of aromatic nitrogens is 2. The fourth-order valence-electron chi connectivity index (χ4n) is 1.44. The second-order valence-corrected chi connectivity index (χ2v) is 3.59. The van der Waals surface area contributed by atoms with Crippen molar-refractivity contribution >= 4 is 0 Å². The van der Waals surface area contributed by atoms with Crippen LogP contribution in [0.3, 0.4) is 0 Å². The van der Waals surface area contributed by atoms with Crippen LogP contribution >= 0.6 is 0 Å². The molecule has 0 fully saturated rings. The zero-order valence-corrected chi connectivity index (χ0v) is 9.08. The lowest BCUT2D eigenvalue weighted by Gasteiger charge is -2.02. The third kappa shape index (κ3) is 3.47. The van der Waals surface area contributed by atoms with Crippen molar-refractivity contribution in [3.63, 3.8) is 0 Å². The minimum atomic E-state index is 0.785. The average Bonchev–Trinajstić information content (AvgIpc) is 2.45. The SMILES string of the molecule is Cc1nn(C)cc1CNCCCCN. The Morgan fingerprint density at radius 3 is 2.86 bits per heavy atom. The Bertz CT molecular complexity index is 267. The normalized spacial score (nSPS) is 10.8. The summed E-state index contributed by atoms with van der Waals surface area (Å²) in [5.41, 5.74) is 7.80. The maximum absolute atomic E-state index is 5.41. The molecule has 0 aliphatic heterocycles. The maximum atomic E-state index is 5.41. The molecular formula is C10H20N4. The first-order valence-electron chi connectivity index (χ1n) is 5.14. The summed E-state index contributed by atoms with van der Waals surface area (Å²) in [7, 11) is 1.95. The van der Waals surface area contributed by atoms with E-state index in [-0.39, 0.29) is 0 Å². The number of hydrogen-bond donors (Lipinski definition) is 2. The number of nitrogens with zero attached hydrogens (tertiary/aromatic N) is 2. The summed E-state index contributed by atoms with van der Waals surface area (Å²) in [6.45, 7) is 4.76. The van der Waals surface area contributed by atoms with E-state index >= 15 is 0 Å². The van der Waals surface area contributed by atoms with Crippen molar-refractivity contribution in [3.05, 3.63) is 17.5 Å². The van der Waals surface area contributed by atoms with E-state index in [1.54, 1.807) is 0 Å². The number of unbranched alkanes of at least 4 members (excludes halogenated alkanes) is 1. The average molecular weight is 196 g/mol. The number of nitrogens with two attached hydrogens (primary N) is 1. The van der Waals surface area contributed by atoms with Crippen LogP contribution in [-0.4, -0.2) is 22.9 Å². The summed E-state index contributed by atoms with van der Waals surface area (Å²) in [5.74, 6) is 0. The lowest BCUT2D eigenvalue weighted by Crippen LogP contribution is -2.16. The fraction of sp³-hybridized carbons (Fsp3) is 0.700. The van der Waals surface area contributed by atoms with Gasteiger partial charge >= 0.3 is 0 Å². The van der Waals surface area contributed by atoms with Gasteiger partial charge in [0.15, 0.2) is 0 Å². The number of rotatable bonds is 6. The Labute approximate surface area is 85.5 Å². The summed E-state index contributed by atoms with van der Waals surface area (Å²) in [5, 5.41) is 7.66. The Morgan fingerprint density at radius 2 is 2.29 bits per heavy atom. The van der Waals surface area contributed by atoms with Crippen molar-refractivity contribution in [2.75, 3.05) is 13.1 Å². The zero-order chi connectivity index (χ0) is 10.4. The van der Waals surface area contributed by atoms with Gasteiger partial charge < -0.3 is 11.1 Å². The van der Waals surface area contributed by atoms with Gasteiger partial charge in [0.2, 0.25) is 0 Å². The topological polar surface area (TPSA) is 55.9 Å². The Kier molecular flexibility index (Phi) is 4.62. The predicted molar refractivity (Wildman–Crippen MR) is 57.9 cm³/mol.